The van der Waals surface area contributed by atoms with Crippen LogP contribution in [-0.4, -0.2) is 30.6 Å². The van der Waals surface area contributed by atoms with Crippen molar-refractivity contribution in [3.05, 3.63) is 120 Å². The number of fused-ring (bicyclic) bond motifs is 1. The normalized spacial score (nSPS) is 11.8. The van der Waals surface area contributed by atoms with E-state index in [1.54, 1.807) is 36.4 Å². The van der Waals surface area contributed by atoms with Crippen LogP contribution in [0.3, 0.4) is 0 Å². The van der Waals surface area contributed by atoms with Gasteiger partial charge in [-0.1, -0.05) is 48.5 Å². The maximum Gasteiger partial charge on any atom is 0.255 e. The van der Waals surface area contributed by atoms with Gasteiger partial charge in [0.1, 0.15) is 17.2 Å². The molecule has 4 aromatic carbocycles. The zero-order valence-electron chi connectivity index (χ0n) is 20.6. The predicted molar refractivity (Wildman–Crippen MR) is 144 cm³/mol. The highest BCUT2D eigenvalue weighted by Crippen LogP contribution is 2.36. The number of hydrogen-bond donors (Lipinski definition) is 3. The van der Waals surface area contributed by atoms with Crippen LogP contribution in [0.25, 0.3) is 33.4 Å². The molecular formula is C31H25FN2O4. The van der Waals surface area contributed by atoms with E-state index in [2.05, 4.69) is 10.6 Å². The third-order valence-electron chi connectivity index (χ3n) is 6.40. The molecule has 1 atom stereocenters. The molecule has 5 aromatic rings. The average Bonchev–Trinajstić information content (AvgIpc) is 3.35. The molecule has 0 aliphatic rings. The second kappa shape index (κ2) is 10.7. The molecule has 190 valence electrons. The smallest absolute Gasteiger partial charge is 0.255 e. The van der Waals surface area contributed by atoms with Gasteiger partial charge in [-0.05, 0) is 65.2 Å². The Morgan fingerprint density at radius 2 is 1.55 bits per heavy atom. The molecule has 3 N–H and O–H groups in total. The zero-order chi connectivity index (χ0) is 26.6. The third-order valence-corrected chi connectivity index (χ3v) is 6.40. The van der Waals surface area contributed by atoms with E-state index in [1.807, 2.05) is 48.5 Å². The minimum absolute atomic E-state index is 0.231. The number of nitrogens with one attached hydrogen (secondary N) is 2. The molecule has 38 heavy (non-hydrogen) atoms. The molecular weight excluding hydrogens is 483 g/mol. The first-order valence-electron chi connectivity index (χ1n) is 12.1. The molecule has 5 rings (SSSR count). The summed E-state index contributed by atoms with van der Waals surface area (Å²) >= 11 is 0. The van der Waals surface area contributed by atoms with Gasteiger partial charge in [-0.2, -0.15) is 0 Å². The van der Waals surface area contributed by atoms with Crippen molar-refractivity contribution in [1.29, 1.82) is 0 Å². The van der Waals surface area contributed by atoms with Crippen LogP contribution in [0.1, 0.15) is 32.3 Å². The molecule has 0 fully saturated rings. The first-order chi connectivity index (χ1) is 18.5. The molecule has 0 radical (unpaired) electrons. The molecule has 0 spiro atoms. The second-order valence-electron chi connectivity index (χ2n) is 8.80. The summed E-state index contributed by atoms with van der Waals surface area (Å²) in [6.07, 6.45) is 0. The Labute approximate surface area is 218 Å². The lowest BCUT2D eigenvalue weighted by Crippen LogP contribution is -2.30. The number of aliphatic hydroxyl groups excluding tert-OH is 1. The summed E-state index contributed by atoms with van der Waals surface area (Å²) in [5.74, 6) is -0.680. The average molecular weight is 509 g/mol. The van der Waals surface area contributed by atoms with Gasteiger partial charge >= 0.3 is 0 Å². The zero-order valence-corrected chi connectivity index (χ0v) is 20.6. The van der Waals surface area contributed by atoms with E-state index < -0.39 is 6.04 Å². The van der Waals surface area contributed by atoms with Crippen molar-refractivity contribution < 1.29 is 23.5 Å². The highest BCUT2D eigenvalue weighted by Gasteiger charge is 2.22. The summed E-state index contributed by atoms with van der Waals surface area (Å²) in [7, 11) is 1.54. The number of amides is 2. The van der Waals surface area contributed by atoms with Crippen LogP contribution in [0.2, 0.25) is 0 Å². The summed E-state index contributed by atoms with van der Waals surface area (Å²) in [6.45, 7) is -0.231. The summed E-state index contributed by atoms with van der Waals surface area (Å²) in [5, 5.41) is 16.0. The van der Waals surface area contributed by atoms with Gasteiger partial charge in [0.2, 0.25) is 0 Å². The lowest BCUT2D eigenvalue weighted by Gasteiger charge is -2.17. The van der Waals surface area contributed by atoms with E-state index >= 15 is 0 Å². The van der Waals surface area contributed by atoms with Crippen LogP contribution in [-0.2, 0) is 0 Å². The van der Waals surface area contributed by atoms with E-state index in [1.165, 1.54) is 19.2 Å². The van der Waals surface area contributed by atoms with Gasteiger partial charge in [0.15, 0.2) is 0 Å². The minimum Gasteiger partial charge on any atom is -0.455 e. The fraction of sp³-hybridized carbons (Fsp3) is 0.0968. The molecule has 6 nitrogen and oxygen atoms in total. The van der Waals surface area contributed by atoms with Crippen molar-refractivity contribution in [2.24, 2.45) is 0 Å². The van der Waals surface area contributed by atoms with Crippen LogP contribution >= 0.6 is 0 Å². The highest BCUT2D eigenvalue weighted by atomic mass is 19.1. The summed E-state index contributed by atoms with van der Waals surface area (Å²) < 4.78 is 19.5. The van der Waals surface area contributed by atoms with E-state index in [4.69, 9.17) is 4.42 Å². The molecule has 1 aromatic heterocycles. The van der Waals surface area contributed by atoms with Crippen molar-refractivity contribution in [2.75, 3.05) is 13.7 Å². The Kier molecular flexibility index (Phi) is 7.02. The van der Waals surface area contributed by atoms with Gasteiger partial charge in [0.05, 0.1) is 18.2 Å². The Morgan fingerprint density at radius 3 is 2.26 bits per heavy atom. The molecule has 0 saturated heterocycles. The van der Waals surface area contributed by atoms with Crippen LogP contribution in [0.4, 0.5) is 4.39 Å². The second-order valence-corrected chi connectivity index (χ2v) is 8.80. The minimum atomic E-state index is -0.533. The van der Waals surface area contributed by atoms with Crippen LogP contribution < -0.4 is 10.6 Å². The number of rotatable bonds is 7. The number of halogens is 1. The molecule has 1 heterocycles. The highest BCUT2D eigenvalue weighted by molar-refractivity contribution is 6.11. The van der Waals surface area contributed by atoms with Gasteiger partial charge in [0, 0.05) is 23.6 Å². The molecule has 0 aliphatic carbocycles. The maximum atomic E-state index is 13.5. The van der Waals surface area contributed by atoms with Crippen LogP contribution in [0.5, 0.6) is 0 Å². The molecule has 0 unspecified atom stereocenters. The topological polar surface area (TPSA) is 91.6 Å². The Bertz CT molecular complexity index is 1610. The third kappa shape index (κ3) is 4.92. The van der Waals surface area contributed by atoms with Gasteiger partial charge in [-0.3, -0.25) is 9.59 Å². The summed E-state index contributed by atoms with van der Waals surface area (Å²) in [6, 6.07) is 27.1. The van der Waals surface area contributed by atoms with Crippen molar-refractivity contribution in [3.63, 3.8) is 0 Å². The number of furan rings is 1. The fourth-order valence-corrected chi connectivity index (χ4v) is 4.43. The van der Waals surface area contributed by atoms with Gasteiger partial charge in [-0.15, -0.1) is 0 Å². The number of carbonyl (C=O) groups excluding carboxylic acids is 2. The quantitative estimate of drug-likeness (QED) is 0.262. The maximum absolute atomic E-state index is 13.5. The first-order valence-corrected chi connectivity index (χ1v) is 12.1. The van der Waals surface area contributed by atoms with Crippen molar-refractivity contribution in [1.82, 2.24) is 10.6 Å². The van der Waals surface area contributed by atoms with E-state index in [-0.39, 0.29) is 24.2 Å². The van der Waals surface area contributed by atoms with E-state index in [9.17, 15) is 19.1 Å². The fourth-order valence-electron chi connectivity index (χ4n) is 4.43. The van der Waals surface area contributed by atoms with Gasteiger partial charge < -0.3 is 20.2 Å². The van der Waals surface area contributed by atoms with Crippen molar-refractivity contribution in [2.45, 2.75) is 6.04 Å². The molecule has 0 bridgehead atoms. The Hall–Kier alpha value is -4.75. The SMILES string of the molecule is CNC(=O)c1c(-c2ccc(F)cc2)oc2ccc(-c3cccc(C(=O)N[C@@H](CO)c4ccccc4)c3)cc12. The molecule has 7 heteroatoms. The number of benzene rings is 4. The Balaban J connectivity index is 1.50. The number of carbonyl (C=O) groups is 2. The van der Waals surface area contributed by atoms with E-state index in [0.29, 0.717) is 33.4 Å². The number of aliphatic hydroxyl groups is 1. The first kappa shape index (κ1) is 24.9. The lowest BCUT2D eigenvalue weighted by molar-refractivity contribution is 0.0915. The summed E-state index contributed by atoms with van der Waals surface area (Å²) in [4.78, 5) is 25.9. The van der Waals surface area contributed by atoms with E-state index in [0.717, 1.165) is 16.7 Å². The molecule has 0 saturated carbocycles. The van der Waals surface area contributed by atoms with Crippen molar-refractivity contribution >= 4 is 22.8 Å². The standard InChI is InChI=1S/C31H25FN2O4/c1-33-31(37)28-25-17-22(12-15-27(25)38-29(28)20-10-13-24(32)14-11-20)21-8-5-9-23(16-21)30(36)34-26(18-35)19-6-3-2-4-7-19/h2-17,26,35H,18H2,1H3,(H,33,37)(H,34,36)/t26-/m0/s1. The Morgan fingerprint density at radius 1 is 0.842 bits per heavy atom. The summed E-state index contributed by atoms with van der Waals surface area (Å²) in [5.41, 5.74) is 4.23. The van der Waals surface area contributed by atoms with Crippen molar-refractivity contribution in [3.8, 4) is 22.5 Å². The van der Waals surface area contributed by atoms with Crippen LogP contribution in [0.15, 0.2) is 101 Å². The van der Waals surface area contributed by atoms with Gasteiger partial charge in [0.25, 0.3) is 11.8 Å². The van der Waals surface area contributed by atoms with Gasteiger partial charge in [-0.25, -0.2) is 4.39 Å². The predicted octanol–water partition coefficient (Wildman–Crippen LogP) is 5.73. The van der Waals surface area contributed by atoms with Crippen LogP contribution in [0, 0.1) is 5.82 Å². The molecule has 2 amide bonds. The monoisotopic (exact) mass is 508 g/mol. The largest absolute Gasteiger partial charge is 0.455 e. The number of hydrogen-bond acceptors (Lipinski definition) is 4. The molecule has 0 aliphatic heterocycles. The lowest BCUT2D eigenvalue weighted by atomic mass is 9.98.